The molecule has 1 saturated heterocycles. The highest BCUT2D eigenvalue weighted by molar-refractivity contribution is 7.81. The fourth-order valence-corrected chi connectivity index (χ4v) is 3.44. The molecule has 1 aromatic rings. The Kier molecular flexibility index (Phi) is 8.73. The van der Waals surface area contributed by atoms with Crippen LogP contribution in [0.25, 0.3) is 5.57 Å². The molecule has 0 aliphatic carbocycles. The summed E-state index contributed by atoms with van der Waals surface area (Å²) in [5, 5.41) is 3.59. The largest absolute Gasteiger partial charge is 0.468 e. The van der Waals surface area contributed by atoms with Gasteiger partial charge in [-0.05, 0) is 37.5 Å². The van der Waals surface area contributed by atoms with Crippen LogP contribution in [-0.4, -0.2) is 55.2 Å². The summed E-state index contributed by atoms with van der Waals surface area (Å²) in [5.74, 6) is -0.589. The molecule has 8 heteroatoms. The molecule has 1 aliphatic heterocycles. The Morgan fingerprint density at radius 3 is 2.50 bits per heavy atom. The van der Waals surface area contributed by atoms with E-state index in [1.165, 1.54) is 7.11 Å². The second-order valence-corrected chi connectivity index (χ2v) is 7.16. The number of rotatable bonds is 7. The molecule has 152 valence electrons. The number of halogens is 1. The summed E-state index contributed by atoms with van der Waals surface area (Å²) in [7, 11) is 1.34. The van der Waals surface area contributed by atoms with E-state index in [9.17, 15) is 9.59 Å². The maximum Gasteiger partial charge on any atom is 0.325 e. The molecule has 6 nitrogen and oxygen atoms in total. The van der Waals surface area contributed by atoms with Gasteiger partial charge in [0.25, 0.3) is 0 Å². The van der Waals surface area contributed by atoms with Gasteiger partial charge >= 0.3 is 11.9 Å². The van der Waals surface area contributed by atoms with Gasteiger partial charge in [-0.25, -0.2) is 0 Å². The zero-order valence-electron chi connectivity index (χ0n) is 16.1. The molecular formula is C20H25ClN2O4S. The number of methoxy groups -OCH3 is 1. The molecule has 1 aromatic carbocycles. The molecule has 0 atom stereocenters. The van der Waals surface area contributed by atoms with Crippen LogP contribution < -0.4 is 5.32 Å². The number of hydrogen-bond donors (Lipinski definition) is 1. The van der Waals surface area contributed by atoms with Crippen LogP contribution in [0, 0.1) is 5.92 Å². The Bertz CT molecular complexity index is 728. The fourth-order valence-electron chi connectivity index (χ4n) is 2.96. The second-order valence-electron chi connectivity index (χ2n) is 6.34. The summed E-state index contributed by atoms with van der Waals surface area (Å²) in [6, 6.07) is 7.35. The number of piperidine rings is 1. The number of ether oxygens (including phenoxy) is 2. The quantitative estimate of drug-likeness (QED) is 0.410. The predicted octanol–water partition coefficient (Wildman–Crippen LogP) is 3.05. The fraction of sp³-hybridized carbons (Fsp3) is 0.450. The van der Waals surface area contributed by atoms with Crippen LogP contribution in [-0.2, 0) is 19.1 Å². The van der Waals surface area contributed by atoms with Gasteiger partial charge in [0.15, 0.2) is 0 Å². The van der Waals surface area contributed by atoms with E-state index in [0.29, 0.717) is 42.5 Å². The molecule has 0 bridgehead atoms. The molecule has 0 saturated carbocycles. The molecule has 1 fully saturated rings. The van der Waals surface area contributed by atoms with Crippen LogP contribution in [0.3, 0.4) is 0 Å². The van der Waals surface area contributed by atoms with Crippen LogP contribution in [0.2, 0.25) is 5.02 Å². The Hall–Kier alpha value is -2.12. The maximum absolute atomic E-state index is 11.9. The highest BCUT2D eigenvalue weighted by atomic mass is 35.5. The average molecular weight is 425 g/mol. The third-order valence-electron chi connectivity index (χ3n) is 4.51. The third-order valence-corrected chi connectivity index (χ3v) is 5.24. The lowest BCUT2D eigenvalue weighted by molar-refractivity contribution is -0.149. The van der Waals surface area contributed by atoms with Crippen molar-refractivity contribution in [3.63, 3.8) is 0 Å². The minimum absolute atomic E-state index is 0.0428. The molecule has 0 spiro atoms. The highest BCUT2D eigenvalue weighted by Crippen LogP contribution is 2.25. The summed E-state index contributed by atoms with van der Waals surface area (Å²) in [6.45, 7) is 3.59. The summed E-state index contributed by atoms with van der Waals surface area (Å²) in [4.78, 5) is 26.1. The number of carbonyl (C=O) groups excluding carboxylic acids is 2. The minimum Gasteiger partial charge on any atom is -0.468 e. The molecule has 0 amide bonds. The first-order chi connectivity index (χ1) is 13.5. The van der Waals surface area contributed by atoms with E-state index < -0.39 is 0 Å². The predicted molar refractivity (Wildman–Crippen MR) is 113 cm³/mol. The van der Waals surface area contributed by atoms with Crippen molar-refractivity contribution in [2.24, 2.45) is 5.92 Å². The van der Waals surface area contributed by atoms with Crippen LogP contribution in [0.4, 0.5) is 0 Å². The zero-order valence-corrected chi connectivity index (χ0v) is 17.6. The van der Waals surface area contributed by atoms with Crippen LogP contribution >= 0.6 is 23.8 Å². The van der Waals surface area contributed by atoms with Gasteiger partial charge in [-0.15, -0.1) is 0 Å². The Balaban J connectivity index is 2.11. The number of nitrogens with one attached hydrogen (secondary N) is 1. The zero-order chi connectivity index (χ0) is 20.5. The van der Waals surface area contributed by atoms with E-state index in [0.717, 1.165) is 11.1 Å². The van der Waals surface area contributed by atoms with Crippen molar-refractivity contribution in [2.45, 2.75) is 19.8 Å². The van der Waals surface area contributed by atoms with Crippen molar-refractivity contribution in [1.82, 2.24) is 10.2 Å². The molecule has 1 aliphatic rings. The lowest BCUT2D eigenvalue weighted by Gasteiger charge is -2.33. The summed E-state index contributed by atoms with van der Waals surface area (Å²) < 4.78 is 9.77. The Morgan fingerprint density at radius 2 is 1.93 bits per heavy atom. The van der Waals surface area contributed by atoms with Crippen molar-refractivity contribution in [3.8, 4) is 0 Å². The molecule has 0 radical (unpaired) electrons. The number of hydrogen-bond acceptors (Lipinski definition) is 6. The van der Waals surface area contributed by atoms with E-state index in [1.54, 1.807) is 18.3 Å². The molecule has 1 N–H and O–H groups in total. The monoisotopic (exact) mass is 424 g/mol. The molecule has 28 heavy (non-hydrogen) atoms. The van der Waals surface area contributed by atoms with Crippen molar-refractivity contribution in [3.05, 3.63) is 41.1 Å². The van der Waals surface area contributed by atoms with Crippen molar-refractivity contribution in [1.29, 1.82) is 0 Å². The number of benzene rings is 1. The van der Waals surface area contributed by atoms with Gasteiger partial charge in [0, 0.05) is 29.9 Å². The SMILES string of the molecule is CCOC(=O)C1CCN(C(=S)/C(=C/NCC(=O)OC)c2ccc(Cl)cc2)CC1. The van der Waals surface area contributed by atoms with Gasteiger partial charge in [0.2, 0.25) is 0 Å². The van der Waals surface area contributed by atoms with E-state index in [-0.39, 0.29) is 24.4 Å². The topological polar surface area (TPSA) is 67.9 Å². The first kappa shape index (κ1) is 22.2. The van der Waals surface area contributed by atoms with E-state index in [4.69, 9.17) is 28.6 Å². The van der Waals surface area contributed by atoms with Gasteiger partial charge in [0.05, 0.1) is 19.6 Å². The van der Waals surface area contributed by atoms with Crippen molar-refractivity contribution >= 4 is 46.3 Å². The summed E-state index contributed by atoms with van der Waals surface area (Å²) >= 11 is 11.7. The van der Waals surface area contributed by atoms with Crippen LogP contribution in [0.5, 0.6) is 0 Å². The molecule has 0 aromatic heterocycles. The third kappa shape index (κ3) is 6.21. The van der Waals surface area contributed by atoms with Crippen molar-refractivity contribution in [2.75, 3.05) is 33.4 Å². The van der Waals surface area contributed by atoms with Gasteiger partial charge < -0.3 is 19.7 Å². The number of carbonyl (C=O) groups is 2. The van der Waals surface area contributed by atoms with E-state index >= 15 is 0 Å². The molecule has 0 unspecified atom stereocenters. The molecule has 2 rings (SSSR count). The van der Waals surface area contributed by atoms with E-state index in [1.807, 2.05) is 19.1 Å². The van der Waals surface area contributed by atoms with Gasteiger partial charge in [-0.3, -0.25) is 9.59 Å². The maximum atomic E-state index is 11.9. The smallest absolute Gasteiger partial charge is 0.325 e. The highest BCUT2D eigenvalue weighted by Gasteiger charge is 2.28. The number of nitrogens with zero attached hydrogens (tertiary/aromatic N) is 1. The molecule has 1 heterocycles. The number of likely N-dealkylation sites (tertiary alicyclic amines) is 1. The van der Waals surface area contributed by atoms with E-state index in [2.05, 4.69) is 15.0 Å². The minimum atomic E-state index is -0.368. The van der Waals surface area contributed by atoms with Gasteiger partial charge in [-0.2, -0.15) is 0 Å². The van der Waals surface area contributed by atoms with Crippen molar-refractivity contribution < 1.29 is 19.1 Å². The lowest BCUT2D eigenvalue weighted by atomic mass is 9.96. The number of thiocarbonyl (C=S) groups is 1. The van der Waals surface area contributed by atoms with Gasteiger partial charge in [-0.1, -0.05) is 36.0 Å². The first-order valence-electron chi connectivity index (χ1n) is 9.18. The lowest BCUT2D eigenvalue weighted by Crippen LogP contribution is -2.40. The number of esters is 2. The summed E-state index contributed by atoms with van der Waals surface area (Å²) in [5.41, 5.74) is 1.67. The van der Waals surface area contributed by atoms with Crippen LogP contribution in [0.1, 0.15) is 25.3 Å². The average Bonchev–Trinajstić information content (AvgIpc) is 2.71. The van der Waals surface area contributed by atoms with Crippen LogP contribution in [0.15, 0.2) is 30.5 Å². The first-order valence-corrected chi connectivity index (χ1v) is 9.97. The normalized spacial score (nSPS) is 15.1. The standard InChI is InChI=1S/C20H25ClN2O4S/c1-3-27-20(25)15-8-10-23(11-9-15)19(28)17(12-22-13-18(24)26-2)14-4-6-16(21)7-5-14/h4-7,12,15,22H,3,8-11,13H2,1-2H3/b17-12+. The summed E-state index contributed by atoms with van der Waals surface area (Å²) in [6.07, 6.45) is 3.12. The van der Waals surface area contributed by atoms with Gasteiger partial charge in [0.1, 0.15) is 11.5 Å². The Labute approximate surface area is 175 Å². The second kappa shape index (κ2) is 11.0. The molecular weight excluding hydrogens is 400 g/mol. The Morgan fingerprint density at radius 1 is 1.29 bits per heavy atom.